The molecule has 2 aliphatic rings. The van der Waals surface area contributed by atoms with Crippen LogP contribution in [0, 0.1) is 11.3 Å². The van der Waals surface area contributed by atoms with Gasteiger partial charge < -0.3 is 29.7 Å². The zero-order valence-electron chi connectivity index (χ0n) is 16.7. The maximum absolute atomic E-state index is 12.3. The lowest BCUT2D eigenvalue weighted by Crippen LogP contribution is -2.44. The Morgan fingerprint density at radius 2 is 1.67 bits per heavy atom. The maximum atomic E-state index is 12.3. The van der Waals surface area contributed by atoms with E-state index in [9.17, 15) is 14.4 Å². The number of ether oxygens (including phenoxy) is 3. The first-order valence-electron chi connectivity index (χ1n) is 9.87. The smallest absolute Gasteiger partial charge is 0.338 e. The SMILES string of the molecule is N=C(N)N1CCC(C(=O)Oc2ccc(C(=O)OCC(=O)N3CCOCC3)cc2)CC1. The molecule has 0 unspecified atom stereocenters. The van der Waals surface area contributed by atoms with Gasteiger partial charge in [0.25, 0.3) is 5.91 Å². The van der Waals surface area contributed by atoms with Crippen LogP contribution in [0.1, 0.15) is 23.2 Å². The molecule has 2 heterocycles. The molecule has 0 radical (unpaired) electrons. The van der Waals surface area contributed by atoms with E-state index in [4.69, 9.17) is 25.4 Å². The largest absolute Gasteiger partial charge is 0.452 e. The number of amides is 1. The second kappa shape index (κ2) is 10.1. The quantitative estimate of drug-likeness (QED) is 0.300. The molecule has 0 atom stereocenters. The van der Waals surface area contributed by atoms with Gasteiger partial charge in [0.2, 0.25) is 0 Å². The predicted octanol–water partition coefficient (Wildman–Crippen LogP) is 0.213. The summed E-state index contributed by atoms with van der Waals surface area (Å²) in [4.78, 5) is 39.8. The van der Waals surface area contributed by atoms with Crippen LogP contribution in [0.25, 0.3) is 0 Å². The summed E-state index contributed by atoms with van der Waals surface area (Å²) in [6, 6.07) is 6.01. The molecular weight excluding hydrogens is 392 g/mol. The number of nitrogens with two attached hydrogens (primary N) is 1. The number of morpholine rings is 1. The number of hydrogen-bond acceptors (Lipinski definition) is 7. The number of esters is 2. The molecule has 2 saturated heterocycles. The van der Waals surface area contributed by atoms with E-state index in [-0.39, 0.29) is 35.9 Å². The number of guanidine groups is 1. The van der Waals surface area contributed by atoms with Crippen molar-refractivity contribution in [1.29, 1.82) is 5.41 Å². The van der Waals surface area contributed by atoms with Gasteiger partial charge in [0, 0.05) is 26.2 Å². The highest BCUT2D eigenvalue weighted by Crippen LogP contribution is 2.21. The third-order valence-corrected chi connectivity index (χ3v) is 5.17. The molecule has 0 spiro atoms. The van der Waals surface area contributed by atoms with Crippen molar-refractivity contribution in [3.05, 3.63) is 29.8 Å². The molecule has 0 bridgehead atoms. The van der Waals surface area contributed by atoms with E-state index < -0.39 is 5.97 Å². The number of carbonyl (C=O) groups excluding carboxylic acids is 3. The van der Waals surface area contributed by atoms with Crippen molar-refractivity contribution >= 4 is 23.8 Å². The molecule has 0 aliphatic carbocycles. The lowest BCUT2D eigenvalue weighted by Gasteiger charge is -2.30. The van der Waals surface area contributed by atoms with Crippen LogP contribution in [0.3, 0.4) is 0 Å². The number of likely N-dealkylation sites (tertiary alicyclic amines) is 1. The summed E-state index contributed by atoms with van der Waals surface area (Å²) in [5.41, 5.74) is 5.72. The first-order chi connectivity index (χ1) is 14.4. The molecule has 1 aromatic carbocycles. The average Bonchev–Trinajstić information content (AvgIpc) is 2.78. The second-order valence-corrected chi connectivity index (χ2v) is 7.16. The van der Waals surface area contributed by atoms with Crippen LogP contribution in [0.15, 0.2) is 24.3 Å². The number of nitrogens with zero attached hydrogens (tertiary/aromatic N) is 2. The fraction of sp³-hybridized carbons (Fsp3) is 0.500. The van der Waals surface area contributed by atoms with Gasteiger partial charge in [0.1, 0.15) is 5.75 Å². The normalized spacial score (nSPS) is 17.3. The fourth-order valence-corrected chi connectivity index (χ4v) is 3.33. The van der Waals surface area contributed by atoms with E-state index in [0.29, 0.717) is 58.0 Å². The molecular formula is C20H26N4O6. The van der Waals surface area contributed by atoms with E-state index >= 15 is 0 Å². The van der Waals surface area contributed by atoms with Crippen LogP contribution in [-0.4, -0.2) is 79.6 Å². The Balaban J connectivity index is 1.45. The minimum Gasteiger partial charge on any atom is -0.452 e. The van der Waals surface area contributed by atoms with Crippen molar-refractivity contribution in [2.75, 3.05) is 46.0 Å². The third kappa shape index (κ3) is 5.69. The summed E-state index contributed by atoms with van der Waals surface area (Å²) in [6.45, 7) is 2.71. The van der Waals surface area contributed by atoms with E-state index in [1.807, 2.05) is 0 Å². The van der Waals surface area contributed by atoms with E-state index in [2.05, 4.69) is 0 Å². The number of piperidine rings is 1. The summed E-state index contributed by atoms with van der Waals surface area (Å²) >= 11 is 0. The second-order valence-electron chi connectivity index (χ2n) is 7.16. The molecule has 30 heavy (non-hydrogen) atoms. The highest BCUT2D eigenvalue weighted by molar-refractivity contribution is 5.91. The third-order valence-electron chi connectivity index (χ3n) is 5.17. The van der Waals surface area contributed by atoms with E-state index in [1.165, 1.54) is 24.3 Å². The van der Waals surface area contributed by atoms with Gasteiger partial charge in [-0.3, -0.25) is 15.0 Å². The van der Waals surface area contributed by atoms with Crippen molar-refractivity contribution in [3.63, 3.8) is 0 Å². The van der Waals surface area contributed by atoms with Crippen molar-refractivity contribution in [2.24, 2.45) is 11.7 Å². The Hall–Kier alpha value is -3.14. The standard InChI is InChI=1S/C20H26N4O6/c21-20(22)24-7-5-15(6-8-24)19(27)30-16-3-1-14(2-4-16)18(26)29-13-17(25)23-9-11-28-12-10-23/h1-4,15H,5-13H2,(H3,21,22). The number of carbonyl (C=O) groups is 3. The Kier molecular flexibility index (Phi) is 7.23. The molecule has 0 aromatic heterocycles. The van der Waals surface area contributed by atoms with Gasteiger partial charge in [0.05, 0.1) is 24.7 Å². The van der Waals surface area contributed by atoms with Gasteiger partial charge in [0.15, 0.2) is 12.6 Å². The maximum Gasteiger partial charge on any atom is 0.338 e. The van der Waals surface area contributed by atoms with Crippen LogP contribution in [0.4, 0.5) is 0 Å². The molecule has 3 N–H and O–H groups in total. The minimum atomic E-state index is -0.619. The first kappa shape index (κ1) is 21.6. The van der Waals surface area contributed by atoms with Crippen molar-refractivity contribution in [3.8, 4) is 5.75 Å². The van der Waals surface area contributed by atoms with Gasteiger partial charge in [-0.25, -0.2) is 4.79 Å². The van der Waals surface area contributed by atoms with Gasteiger partial charge in [-0.1, -0.05) is 0 Å². The monoisotopic (exact) mass is 418 g/mol. The number of nitrogens with one attached hydrogen (secondary N) is 1. The molecule has 3 rings (SSSR count). The Bertz CT molecular complexity index is 783. The van der Waals surface area contributed by atoms with Crippen LogP contribution >= 0.6 is 0 Å². The summed E-state index contributed by atoms with van der Waals surface area (Å²) in [6.07, 6.45) is 1.14. The van der Waals surface area contributed by atoms with Crippen molar-refractivity contribution in [1.82, 2.24) is 9.80 Å². The minimum absolute atomic E-state index is 0.0101. The molecule has 1 aromatic rings. The average molecular weight is 418 g/mol. The molecule has 1 amide bonds. The van der Waals surface area contributed by atoms with E-state index in [0.717, 1.165) is 0 Å². The lowest BCUT2D eigenvalue weighted by molar-refractivity contribution is -0.140. The number of benzene rings is 1. The molecule has 2 aliphatic heterocycles. The van der Waals surface area contributed by atoms with Crippen LogP contribution in [-0.2, 0) is 19.1 Å². The van der Waals surface area contributed by atoms with Crippen molar-refractivity contribution < 1.29 is 28.6 Å². The molecule has 10 heteroatoms. The summed E-state index contributed by atoms with van der Waals surface area (Å²) in [5, 5.41) is 7.43. The number of hydrogen-bond donors (Lipinski definition) is 2. The van der Waals surface area contributed by atoms with Gasteiger partial charge >= 0.3 is 11.9 Å². The van der Waals surface area contributed by atoms with Gasteiger partial charge in [-0.15, -0.1) is 0 Å². The summed E-state index contributed by atoms with van der Waals surface area (Å²) in [5.74, 6) is -1.13. The molecule has 10 nitrogen and oxygen atoms in total. The van der Waals surface area contributed by atoms with E-state index in [1.54, 1.807) is 9.80 Å². The van der Waals surface area contributed by atoms with Crippen LogP contribution in [0.5, 0.6) is 5.75 Å². The summed E-state index contributed by atoms with van der Waals surface area (Å²) < 4.78 is 15.7. The van der Waals surface area contributed by atoms with Crippen molar-refractivity contribution in [2.45, 2.75) is 12.8 Å². The first-order valence-corrected chi connectivity index (χ1v) is 9.87. The highest BCUT2D eigenvalue weighted by Gasteiger charge is 2.27. The highest BCUT2D eigenvalue weighted by atomic mass is 16.5. The zero-order valence-corrected chi connectivity index (χ0v) is 16.7. The Morgan fingerprint density at radius 3 is 2.27 bits per heavy atom. The molecule has 162 valence electrons. The fourth-order valence-electron chi connectivity index (χ4n) is 3.33. The predicted molar refractivity (Wildman–Crippen MR) is 106 cm³/mol. The molecule has 2 fully saturated rings. The van der Waals surface area contributed by atoms with Gasteiger partial charge in [-0.05, 0) is 37.1 Å². The Labute approximate surface area is 174 Å². The zero-order chi connectivity index (χ0) is 21.5. The van der Waals surface area contributed by atoms with Gasteiger partial charge in [-0.2, -0.15) is 0 Å². The van der Waals surface area contributed by atoms with Crippen LogP contribution < -0.4 is 10.5 Å². The summed E-state index contributed by atoms with van der Waals surface area (Å²) in [7, 11) is 0. The Morgan fingerprint density at radius 1 is 1.03 bits per heavy atom. The molecule has 0 saturated carbocycles. The lowest BCUT2D eigenvalue weighted by atomic mass is 9.97. The van der Waals surface area contributed by atoms with Crippen LogP contribution in [0.2, 0.25) is 0 Å². The topological polar surface area (TPSA) is 135 Å². The number of rotatable bonds is 5.